The Morgan fingerprint density at radius 1 is 1.05 bits per heavy atom. The van der Waals surface area contributed by atoms with Gasteiger partial charge in [0, 0.05) is 11.8 Å². The quantitative estimate of drug-likeness (QED) is 0.409. The van der Waals surface area contributed by atoms with Crippen molar-refractivity contribution < 1.29 is 14.3 Å². The number of esters is 1. The first-order valence-electron chi connectivity index (χ1n) is 7.63. The van der Waals surface area contributed by atoms with Crippen molar-refractivity contribution in [1.29, 1.82) is 0 Å². The van der Waals surface area contributed by atoms with Gasteiger partial charge in [-0.3, -0.25) is 4.79 Å². The lowest BCUT2D eigenvalue weighted by Crippen LogP contribution is -1.98. The molecule has 0 aromatic heterocycles. The third kappa shape index (κ3) is 4.92. The molecule has 0 heterocycles. The van der Waals surface area contributed by atoms with Crippen molar-refractivity contribution in [3.63, 3.8) is 0 Å². The number of allylic oxidation sites excluding steroid dienone is 1. The van der Waals surface area contributed by atoms with Crippen molar-refractivity contribution in [1.82, 2.24) is 0 Å². The van der Waals surface area contributed by atoms with Crippen molar-refractivity contribution in [2.45, 2.75) is 25.7 Å². The molecule has 22 heavy (non-hydrogen) atoms. The number of hydrogen-bond donors (Lipinski definition) is 0. The van der Waals surface area contributed by atoms with Gasteiger partial charge in [-0.05, 0) is 30.7 Å². The number of hydrogen-bond acceptors (Lipinski definition) is 3. The van der Waals surface area contributed by atoms with Crippen LogP contribution >= 0.6 is 0 Å². The third-order valence-corrected chi connectivity index (χ3v) is 3.48. The Labute approximate surface area is 131 Å². The van der Waals surface area contributed by atoms with E-state index in [1.807, 2.05) is 30.3 Å². The summed E-state index contributed by atoms with van der Waals surface area (Å²) in [6, 6.07) is 14.3. The van der Waals surface area contributed by atoms with Crippen molar-refractivity contribution in [3.8, 4) is 5.75 Å². The summed E-state index contributed by atoms with van der Waals surface area (Å²) in [6.07, 6.45) is 7.43. The monoisotopic (exact) mass is 298 g/mol. The average Bonchev–Trinajstić information content (AvgIpc) is 2.57. The number of carbonyl (C=O) groups excluding carboxylic acids is 1. The molecule has 0 N–H and O–H groups in total. The van der Waals surface area contributed by atoms with Gasteiger partial charge in [-0.15, -0.1) is 0 Å². The van der Waals surface area contributed by atoms with E-state index in [-0.39, 0.29) is 5.97 Å². The van der Waals surface area contributed by atoms with Gasteiger partial charge in [-0.1, -0.05) is 48.6 Å². The molecule has 0 bridgehead atoms. The Hall–Kier alpha value is -2.29. The fourth-order valence-electron chi connectivity index (χ4n) is 2.28. The molecule has 2 rings (SSSR count). The summed E-state index contributed by atoms with van der Waals surface area (Å²) in [7, 11) is 1.42. The molecule has 0 saturated heterocycles. The van der Waals surface area contributed by atoms with Crippen LogP contribution in [-0.2, 0) is 9.53 Å². The number of benzene rings is 2. The lowest BCUT2D eigenvalue weighted by molar-refractivity contribution is -0.140. The molecule has 0 amide bonds. The summed E-state index contributed by atoms with van der Waals surface area (Å²) in [5.74, 6) is 0.775. The van der Waals surface area contributed by atoms with Gasteiger partial charge >= 0.3 is 5.97 Å². The predicted molar refractivity (Wildman–Crippen MR) is 89.1 cm³/mol. The highest BCUT2D eigenvalue weighted by molar-refractivity contribution is 5.88. The molecule has 0 aliphatic carbocycles. The van der Waals surface area contributed by atoms with Gasteiger partial charge in [0.2, 0.25) is 0 Å². The molecular weight excluding hydrogens is 276 g/mol. The zero-order valence-corrected chi connectivity index (χ0v) is 13.0. The Bertz CT molecular complexity index is 626. The normalized spacial score (nSPS) is 11.0. The first kappa shape index (κ1) is 16.1. The van der Waals surface area contributed by atoms with E-state index in [2.05, 4.69) is 29.0 Å². The second-order valence-electron chi connectivity index (χ2n) is 5.08. The highest BCUT2D eigenvalue weighted by Crippen LogP contribution is 2.24. The fourth-order valence-corrected chi connectivity index (χ4v) is 2.28. The summed E-state index contributed by atoms with van der Waals surface area (Å²) in [4.78, 5) is 11.0. The van der Waals surface area contributed by atoms with E-state index in [9.17, 15) is 4.79 Å². The Kier molecular flexibility index (Phi) is 6.49. The lowest BCUT2D eigenvalue weighted by atomic mass is 10.1. The zero-order valence-electron chi connectivity index (χ0n) is 13.0. The predicted octanol–water partition coefficient (Wildman–Crippen LogP) is 4.51. The van der Waals surface area contributed by atoms with Crippen LogP contribution in [0.5, 0.6) is 5.75 Å². The lowest BCUT2D eigenvalue weighted by Gasteiger charge is -2.07. The maximum absolute atomic E-state index is 11.0. The maximum atomic E-state index is 11.0. The molecule has 0 radical (unpaired) electrons. The Balaban J connectivity index is 1.72. The van der Waals surface area contributed by atoms with E-state index in [1.165, 1.54) is 12.5 Å². The van der Waals surface area contributed by atoms with Crippen LogP contribution in [0.1, 0.15) is 25.7 Å². The molecule has 116 valence electrons. The van der Waals surface area contributed by atoms with E-state index < -0.39 is 0 Å². The maximum Gasteiger partial charge on any atom is 0.305 e. The molecule has 0 aliphatic heterocycles. The molecule has 0 fully saturated rings. The fraction of sp³-hybridized carbons (Fsp3) is 0.316. The molecule has 0 atom stereocenters. The van der Waals surface area contributed by atoms with Crippen molar-refractivity contribution in [3.05, 3.63) is 54.6 Å². The van der Waals surface area contributed by atoms with Gasteiger partial charge in [-0.25, -0.2) is 0 Å². The molecule has 0 aliphatic rings. The minimum atomic E-state index is -0.136. The zero-order chi connectivity index (χ0) is 15.6. The van der Waals surface area contributed by atoms with Crippen LogP contribution < -0.4 is 4.74 Å². The first-order chi connectivity index (χ1) is 10.8. The second-order valence-corrected chi connectivity index (χ2v) is 5.08. The van der Waals surface area contributed by atoms with Crippen LogP contribution in [0.15, 0.2) is 54.6 Å². The Morgan fingerprint density at radius 3 is 2.73 bits per heavy atom. The summed E-state index contributed by atoms with van der Waals surface area (Å²) in [6.45, 7) is 0.561. The van der Waals surface area contributed by atoms with E-state index in [0.29, 0.717) is 13.0 Å². The molecule has 2 aromatic carbocycles. The summed E-state index contributed by atoms with van der Waals surface area (Å²) < 4.78 is 10.4. The largest absolute Gasteiger partial charge is 0.489 e. The molecule has 0 saturated carbocycles. The SMILES string of the molecule is COC(=O)CCCCC=CCOc1cccc2ccccc12. The van der Waals surface area contributed by atoms with Gasteiger partial charge in [0.25, 0.3) is 0 Å². The minimum absolute atomic E-state index is 0.136. The number of carbonyl (C=O) groups is 1. The van der Waals surface area contributed by atoms with E-state index in [1.54, 1.807) is 0 Å². The van der Waals surface area contributed by atoms with Crippen LogP contribution in [0.2, 0.25) is 0 Å². The minimum Gasteiger partial charge on any atom is -0.489 e. The summed E-state index contributed by atoms with van der Waals surface area (Å²) >= 11 is 0. The van der Waals surface area contributed by atoms with Crippen molar-refractivity contribution in [2.24, 2.45) is 0 Å². The molecule has 3 nitrogen and oxygen atoms in total. The van der Waals surface area contributed by atoms with Gasteiger partial charge in [0.1, 0.15) is 12.4 Å². The molecule has 3 heteroatoms. The smallest absolute Gasteiger partial charge is 0.305 e. The Morgan fingerprint density at radius 2 is 1.86 bits per heavy atom. The topological polar surface area (TPSA) is 35.5 Å². The van der Waals surface area contributed by atoms with Gasteiger partial charge in [-0.2, -0.15) is 0 Å². The van der Waals surface area contributed by atoms with Gasteiger partial charge < -0.3 is 9.47 Å². The van der Waals surface area contributed by atoms with E-state index >= 15 is 0 Å². The van der Waals surface area contributed by atoms with Crippen LogP contribution in [0.3, 0.4) is 0 Å². The second kappa shape index (κ2) is 8.88. The van der Waals surface area contributed by atoms with Gasteiger partial charge in [0.15, 0.2) is 0 Å². The van der Waals surface area contributed by atoms with E-state index in [4.69, 9.17) is 4.74 Å². The summed E-state index contributed by atoms with van der Waals surface area (Å²) in [5.41, 5.74) is 0. The molecule has 0 unspecified atom stereocenters. The highest BCUT2D eigenvalue weighted by atomic mass is 16.5. The number of rotatable bonds is 8. The highest BCUT2D eigenvalue weighted by Gasteiger charge is 2.00. The van der Waals surface area contributed by atoms with Crippen LogP contribution in [0, 0.1) is 0 Å². The van der Waals surface area contributed by atoms with Gasteiger partial charge in [0.05, 0.1) is 7.11 Å². The molecule has 2 aromatic rings. The first-order valence-corrected chi connectivity index (χ1v) is 7.63. The number of ether oxygens (including phenoxy) is 2. The van der Waals surface area contributed by atoms with E-state index in [0.717, 1.165) is 30.4 Å². The van der Waals surface area contributed by atoms with Crippen molar-refractivity contribution in [2.75, 3.05) is 13.7 Å². The van der Waals surface area contributed by atoms with Crippen LogP contribution in [0.4, 0.5) is 0 Å². The van der Waals surface area contributed by atoms with Crippen LogP contribution in [0.25, 0.3) is 10.8 Å². The number of unbranched alkanes of at least 4 members (excludes halogenated alkanes) is 2. The molecular formula is C19H22O3. The third-order valence-electron chi connectivity index (χ3n) is 3.48. The van der Waals surface area contributed by atoms with Crippen molar-refractivity contribution >= 4 is 16.7 Å². The number of methoxy groups -OCH3 is 1. The standard InChI is InChI=1S/C19H22O3/c1-21-19(20)14-5-3-2-4-8-15-22-18-13-9-11-16-10-6-7-12-17(16)18/h4,6-13H,2-3,5,14-15H2,1H3. The number of fused-ring (bicyclic) bond motifs is 1. The van der Waals surface area contributed by atoms with Crippen LogP contribution in [-0.4, -0.2) is 19.7 Å². The molecule has 0 spiro atoms. The average molecular weight is 298 g/mol. The summed E-state index contributed by atoms with van der Waals surface area (Å²) in [5, 5.41) is 2.32.